The third kappa shape index (κ3) is 5.89. The van der Waals surface area contributed by atoms with E-state index in [9.17, 15) is 4.79 Å². The van der Waals surface area contributed by atoms with Gasteiger partial charge in [-0.2, -0.15) is 0 Å². The standard InChI is InChI=1S/C14H30N4O/c1-5-18(10-6-9-17(3)4)11-14(2,13(15)19)16-12-7-8-12/h12,16H,5-11H2,1-4H3,(H2,15,19). The summed E-state index contributed by atoms with van der Waals surface area (Å²) in [5.41, 5.74) is 4.99. The Morgan fingerprint density at radius 1 is 1.37 bits per heavy atom. The first-order valence-corrected chi connectivity index (χ1v) is 7.32. The lowest BCUT2D eigenvalue weighted by Crippen LogP contribution is -2.60. The van der Waals surface area contributed by atoms with Crippen LogP contribution in [0.4, 0.5) is 0 Å². The highest BCUT2D eigenvalue weighted by Crippen LogP contribution is 2.23. The van der Waals surface area contributed by atoms with Crippen LogP contribution in [-0.4, -0.2) is 67.6 Å². The Bertz CT molecular complexity index is 291. The van der Waals surface area contributed by atoms with E-state index in [2.05, 4.69) is 36.1 Å². The Hall–Kier alpha value is -0.650. The number of likely N-dealkylation sites (N-methyl/N-ethyl adjacent to an activating group) is 1. The largest absolute Gasteiger partial charge is 0.368 e. The van der Waals surface area contributed by atoms with Crippen molar-refractivity contribution in [3.05, 3.63) is 0 Å². The molecule has 0 aromatic rings. The summed E-state index contributed by atoms with van der Waals surface area (Å²) in [5.74, 6) is -0.245. The zero-order valence-corrected chi connectivity index (χ0v) is 12.9. The number of carbonyl (C=O) groups is 1. The molecule has 1 rings (SSSR count). The highest BCUT2D eigenvalue weighted by Gasteiger charge is 2.38. The van der Waals surface area contributed by atoms with Crippen LogP contribution in [0.15, 0.2) is 0 Å². The predicted octanol–water partition coefficient (Wildman–Crippen LogP) is 0.256. The van der Waals surface area contributed by atoms with Crippen LogP contribution in [0.2, 0.25) is 0 Å². The highest BCUT2D eigenvalue weighted by atomic mass is 16.1. The molecule has 1 atom stereocenters. The second-order valence-corrected chi connectivity index (χ2v) is 6.14. The molecule has 0 saturated heterocycles. The van der Waals surface area contributed by atoms with Crippen LogP contribution >= 0.6 is 0 Å². The van der Waals surface area contributed by atoms with Crippen molar-refractivity contribution in [2.24, 2.45) is 5.73 Å². The van der Waals surface area contributed by atoms with Crippen LogP contribution in [0.3, 0.4) is 0 Å². The molecule has 0 bridgehead atoms. The number of amides is 1. The lowest BCUT2D eigenvalue weighted by atomic mass is 10.00. The topological polar surface area (TPSA) is 61.6 Å². The molecule has 1 unspecified atom stereocenters. The average Bonchev–Trinajstić information content (AvgIpc) is 3.10. The fourth-order valence-corrected chi connectivity index (χ4v) is 2.28. The molecule has 1 saturated carbocycles. The molecule has 19 heavy (non-hydrogen) atoms. The van der Waals surface area contributed by atoms with E-state index in [1.807, 2.05) is 6.92 Å². The summed E-state index contributed by atoms with van der Waals surface area (Å²) in [4.78, 5) is 16.2. The fraction of sp³-hybridized carbons (Fsp3) is 0.929. The monoisotopic (exact) mass is 270 g/mol. The molecular formula is C14H30N4O. The van der Waals surface area contributed by atoms with Crippen molar-refractivity contribution >= 4 is 5.91 Å². The molecule has 112 valence electrons. The van der Waals surface area contributed by atoms with Gasteiger partial charge in [-0.3, -0.25) is 10.1 Å². The predicted molar refractivity (Wildman–Crippen MR) is 79.0 cm³/mol. The fourth-order valence-electron chi connectivity index (χ4n) is 2.28. The van der Waals surface area contributed by atoms with Gasteiger partial charge >= 0.3 is 0 Å². The molecular weight excluding hydrogens is 240 g/mol. The summed E-state index contributed by atoms with van der Waals surface area (Å²) < 4.78 is 0. The first-order chi connectivity index (χ1) is 8.87. The van der Waals surface area contributed by atoms with Gasteiger partial charge in [-0.15, -0.1) is 0 Å². The summed E-state index contributed by atoms with van der Waals surface area (Å²) in [6.45, 7) is 7.78. The number of hydrogen-bond acceptors (Lipinski definition) is 4. The van der Waals surface area contributed by atoms with Crippen molar-refractivity contribution in [3.8, 4) is 0 Å². The third-order valence-corrected chi connectivity index (χ3v) is 3.71. The molecule has 0 aromatic heterocycles. The highest BCUT2D eigenvalue weighted by molar-refractivity contribution is 5.84. The van der Waals surface area contributed by atoms with Crippen LogP contribution < -0.4 is 11.1 Å². The lowest BCUT2D eigenvalue weighted by molar-refractivity contribution is -0.124. The Morgan fingerprint density at radius 3 is 2.42 bits per heavy atom. The number of primary amides is 1. The van der Waals surface area contributed by atoms with Gasteiger partial charge in [0.25, 0.3) is 0 Å². The number of nitrogens with two attached hydrogens (primary N) is 1. The van der Waals surface area contributed by atoms with Gasteiger partial charge < -0.3 is 15.5 Å². The quantitative estimate of drug-likeness (QED) is 0.598. The summed E-state index contributed by atoms with van der Waals surface area (Å²) in [7, 11) is 4.16. The second kappa shape index (κ2) is 7.22. The Labute approximate surface area is 117 Å². The van der Waals surface area contributed by atoms with Crippen molar-refractivity contribution in [1.82, 2.24) is 15.1 Å². The Kier molecular flexibility index (Phi) is 6.23. The van der Waals surface area contributed by atoms with Crippen LogP contribution in [0.5, 0.6) is 0 Å². The van der Waals surface area contributed by atoms with Crippen LogP contribution in [-0.2, 0) is 4.79 Å². The summed E-state index contributed by atoms with van der Waals surface area (Å²) in [6.07, 6.45) is 3.43. The molecule has 1 aliphatic carbocycles. The van der Waals surface area contributed by atoms with Crippen molar-refractivity contribution in [2.75, 3.05) is 40.3 Å². The van der Waals surface area contributed by atoms with Crippen LogP contribution in [0.1, 0.15) is 33.1 Å². The maximum atomic E-state index is 11.7. The Morgan fingerprint density at radius 2 is 2.00 bits per heavy atom. The number of carbonyl (C=O) groups excluding carboxylic acids is 1. The molecule has 0 aromatic carbocycles. The molecule has 0 spiro atoms. The van der Waals surface area contributed by atoms with E-state index in [-0.39, 0.29) is 5.91 Å². The average molecular weight is 270 g/mol. The molecule has 1 aliphatic rings. The van der Waals surface area contributed by atoms with Gasteiger partial charge in [-0.05, 0) is 59.9 Å². The van der Waals surface area contributed by atoms with E-state index in [1.165, 1.54) is 0 Å². The van der Waals surface area contributed by atoms with Gasteiger partial charge in [0.15, 0.2) is 0 Å². The van der Waals surface area contributed by atoms with E-state index < -0.39 is 5.54 Å². The SMILES string of the molecule is CCN(CCCN(C)C)CC(C)(NC1CC1)C(N)=O. The first-order valence-electron chi connectivity index (χ1n) is 7.32. The minimum absolute atomic E-state index is 0.245. The lowest BCUT2D eigenvalue weighted by Gasteiger charge is -2.34. The normalized spacial score (nSPS) is 18.8. The number of hydrogen-bond donors (Lipinski definition) is 2. The summed E-state index contributed by atoms with van der Waals surface area (Å²) >= 11 is 0. The molecule has 5 nitrogen and oxygen atoms in total. The Balaban J connectivity index is 2.46. The maximum absolute atomic E-state index is 11.7. The van der Waals surface area contributed by atoms with Gasteiger partial charge in [-0.25, -0.2) is 0 Å². The number of nitrogens with zero attached hydrogens (tertiary/aromatic N) is 2. The van der Waals surface area contributed by atoms with Crippen molar-refractivity contribution in [3.63, 3.8) is 0 Å². The van der Waals surface area contributed by atoms with Crippen molar-refractivity contribution < 1.29 is 4.79 Å². The van der Waals surface area contributed by atoms with E-state index in [0.717, 1.165) is 38.9 Å². The van der Waals surface area contributed by atoms with Gasteiger partial charge in [0, 0.05) is 12.6 Å². The van der Waals surface area contributed by atoms with Crippen molar-refractivity contribution in [1.29, 1.82) is 0 Å². The minimum atomic E-state index is -0.602. The van der Waals surface area contributed by atoms with E-state index in [0.29, 0.717) is 12.6 Å². The molecule has 0 aliphatic heterocycles. The summed E-state index contributed by atoms with van der Waals surface area (Å²) in [5, 5.41) is 3.40. The first kappa shape index (κ1) is 16.4. The molecule has 1 fully saturated rings. The van der Waals surface area contributed by atoms with Gasteiger partial charge in [0.2, 0.25) is 5.91 Å². The van der Waals surface area contributed by atoms with Crippen LogP contribution in [0.25, 0.3) is 0 Å². The maximum Gasteiger partial charge on any atom is 0.238 e. The molecule has 3 N–H and O–H groups in total. The zero-order valence-electron chi connectivity index (χ0n) is 12.9. The molecule has 5 heteroatoms. The second-order valence-electron chi connectivity index (χ2n) is 6.14. The van der Waals surface area contributed by atoms with E-state index in [4.69, 9.17) is 5.73 Å². The molecule has 0 radical (unpaired) electrons. The van der Waals surface area contributed by atoms with Gasteiger partial charge in [-0.1, -0.05) is 6.92 Å². The summed E-state index contributed by atoms with van der Waals surface area (Å²) in [6, 6.07) is 0.484. The van der Waals surface area contributed by atoms with Gasteiger partial charge in [0.1, 0.15) is 5.54 Å². The zero-order chi connectivity index (χ0) is 14.5. The van der Waals surface area contributed by atoms with Gasteiger partial charge in [0.05, 0.1) is 0 Å². The smallest absolute Gasteiger partial charge is 0.238 e. The molecule has 0 heterocycles. The number of rotatable bonds is 10. The third-order valence-electron chi connectivity index (χ3n) is 3.71. The van der Waals surface area contributed by atoms with E-state index in [1.54, 1.807) is 0 Å². The molecule has 1 amide bonds. The minimum Gasteiger partial charge on any atom is -0.368 e. The van der Waals surface area contributed by atoms with Crippen LogP contribution in [0, 0.1) is 0 Å². The van der Waals surface area contributed by atoms with Crippen molar-refractivity contribution in [2.45, 2.75) is 44.7 Å². The van der Waals surface area contributed by atoms with E-state index >= 15 is 0 Å². The number of nitrogens with one attached hydrogen (secondary N) is 1.